The van der Waals surface area contributed by atoms with Crippen molar-refractivity contribution in [3.63, 3.8) is 0 Å². The minimum Gasteiger partial charge on any atom is -0.399 e. The molecule has 94 valence electrons. The average molecular weight is 373 g/mol. The van der Waals surface area contributed by atoms with Gasteiger partial charge in [-0.25, -0.2) is 0 Å². The minimum absolute atomic E-state index is 0.103. The lowest BCUT2D eigenvalue weighted by molar-refractivity contribution is 0.102. The number of carbonyl (C=O) groups is 1. The molecule has 0 spiro atoms. The molecule has 0 bridgehead atoms. The molecule has 2 aromatic rings. The van der Waals surface area contributed by atoms with Gasteiger partial charge in [-0.15, -0.1) is 0 Å². The van der Waals surface area contributed by atoms with Crippen molar-refractivity contribution in [3.05, 3.63) is 44.6 Å². The Morgan fingerprint density at radius 2 is 2.11 bits per heavy atom. The van der Waals surface area contributed by atoms with Gasteiger partial charge in [0, 0.05) is 22.3 Å². The van der Waals surface area contributed by atoms with Crippen molar-refractivity contribution in [2.45, 2.75) is 13.5 Å². The van der Waals surface area contributed by atoms with E-state index in [9.17, 15) is 4.79 Å². The fourth-order valence-electron chi connectivity index (χ4n) is 1.71. The first kappa shape index (κ1) is 13.3. The number of aryl methyl sites for hydroxylation is 1. The molecule has 0 unspecified atom stereocenters. The van der Waals surface area contributed by atoms with Gasteiger partial charge in [0.1, 0.15) is 5.69 Å². The van der Waals surface area contributed by atoms with Crippen LogP contribution in [0.2, 0.25) is 0 Å². The highest BCUT2D eigenvalue weighted by Gasteiger charge is 2.18. The Morgan fingerprint density at radius 1 is 1.39 bits per heavy atom. The molecule has 1 aromatic heterocycles. The zero-order valence-electron chi connectivity index (χ0n) is 9.65. The van der Waals surface area contributed by atoms with Crippen LogP contribution in [0.4, 0.5) is 5.69 Å². The maximum atomic E-state index is 12.4. The van der Waals surface area contributed by atoms with Crippen LogP contribution in [0.3, 0.4) is 0 Å². The Bertz CT molecular complexity index is 587. The second-order valence-electron chi connectivity index (χ2n) is 3.76. The second kappa shape index (κ2) is 5.24. The van der Waals surface area contributed by atoms with E-state index in [1.807, 2.05) is 6.92 Å². The Labute approximate surface area is 121 Å². The number of nitrogens with zero attached hydrogens (tertiary/aromatic N) is 2. The zero-order chi connectivity index (χ0) is 13.3. The van der Waals surface area contributed by atoms with Crippen molar-refractivity contribution in [1.29, 1.82) is 0 Å². The number of anilines is 1. The number of halogens is 2. The van der Waals surface area contributed by atoms with Crippen molar-refractivity contribution in [2.75, 3.05) is 5.73 Å². The molecule has 0 atom stereocenters. The molecule has 18 heavy (non-hydrogen) atoms. The Balaban J connectivity index is 2.50. The number of benzene rings is 1. The van der Waals surface area contributed by atoms with E-state index in [0.717, 1.165) is 4.47 Å². The summed E-state index contributed by atoms with van der Waals surface area (Å²) in [6, 6.07) is 5.16. The molecule has 4 nitrogen and oxygen atoms in total. The van der Waals surface area contributed by atoms with Crippen molar-refractivity contribution >= 4 is 43.3 Å². The molecule has 0 aliphatic carbocycles. The normalized spacial score (nSPS) is 10.6. The minimum atomic E-state index is -0.103. The molecule has 0 saturated carbocycles. The average Bonchev–Trinajstić information content (AvgIpc) is 2.68. The van der Waals surface area contributed by atoms with Gasteiger partial charge in [-0.05, 0) is 41.1 Å². The Kier molecular flexibility index (Phi) is 3.87. The zero-order valence-corrected chi connectivity index (χ0v) is 12.8. The van der Waals surface area contributed by atoms with E-state index in [0.29, 0.717) is 28.0 Å². The van der Waals surface area contributed by atoms with Crippen LogP contribution < -0.4 is 5.73 Å². The summed E-state index contributed by atoms with van der Waals surface area (Å²) in [6.07, 6.45) is 1.62. The van der Waals surface area contributed by atoms with E-state index in [2.05, 4.69) is 37.0 Å². The van der Waals surface area contributed by atoms with Crippen molar-refractivity contribution in [2.24, 2.45) is 0 Å². The van der Waals surface area contributed by atoms with Gasteiger partial charge in [0.15, 0.2) is 0 Å². The van der Waals surface area contributed by atoms with Crippen LogP contribution in [0.5, 0.6) is 0 Å². The second-order valence-corrected chi connectivity index (χ2v) is 5.53. The molecule has 0 fully saturated rings. The molecule has 2 rings (SSSR count). The van der Waals surface area contributed by atoms with Gasteiger partial charge in [0.05, 0.1) is 10.7 Å². The van der Waals surface area contributed by atoms with Gasteiger partial charge in [0.2, 0.25) is 5.78 Å². The van der Waals surface area contributed by atoms with Gasteiger partial charge in [0.25, 0.3) is 0 Å². The van der Waals surface area contributed by atoms with E-state index in [4.69, 9.17) is 5.73 Å². The number of hydrogen-bond acceptors (Lipinski definition) is 3. The van der Waals surface area contributed by atoms with Crippen LogP contribution in [0.15, 0.2) is 33.3 Å². The molecular formula is C12H11Br2N3O. The predicted molar refractivity (Wildman–Crippen MR) is 77.6 cm³/mol. The summed E-state index contributed by atoms with van der Waals surface area (Å²) in [4.78, 5) is 12.4. The van der Waals surface area contributed by atoms with Crippen molar-refractivity contribution < 1.29 is 4.79 Å². The number of rotatable bonds is 3. The lowest BCUT2D eigenvalue weighted by Gasteiger charge is -2.06. The van der Waals surface area contributed by atoms with E-state index < -0.39 is 0 Å². The topological polar surface area (TPSA) is 60.9 Å². The number of nitrogen functional groups attached to an aromatic ring is 1. The van der Waals surface area contributed by atoms with Gasteiger partial charge in [-0.2, -0.15) is 5.10 Å². The molecule has 0 radical (unpaired) electrons. The molecule has 0 aliphatic heterocycles. The standard InChI is InChI=1S/C12H11Br2N3O/c1-2-17-11(10(14)6-16-17)12(18)7-3-8(13)5-9(15)4-7/h3-6H,2,15H2,1H3. The summed E-state index contributed by atoms with van der Waals surface area (Å²) in [5.74, 6) is -0.103. The predicted octanol–water partition coefficient (Wildman–Crippen LogP) is 3.24. The lowest BCUT2D eigenvalue weighted by atomic mass is 10.1. The first-order chi connectivity index (χ1) is 8.52. The summed E-state index contributed by atoms with van der Waals surface area (Å²) in [6.45, 7) is 2.57. The Hall–Kier alpha value is -1.14. The van der Waals surface area contributed by atoms with Gasteiger partial charge in [-0.3, -0.25) is 9.48 Å². The number of aromatic nitrogens is 2. The quantitative estimate of drug-likeness (QED) is 0.664. The number of ketones is 1. The third-order valence-electron chi connectivity index (χ3n) is 2.49. The summed E-state index contributed by atoms with van der Waals surface area (Å²) < 4.78 is 3.13. The third-order valence-corrected chi connectivity index (χ3v) is 3.53. The SMILES string of the molecule is CCn1ncc(Br)c1C(=O)c1cc(N)cc(Br)c1. The molecule has 1 heterocycles. The monoisotopic (exact) mass is 371 g/mol. The summed E-state index contributed by atoms with van der Waals surface area (Å²) >= 11 is 6.68. The molecule has 1 aromatic carbocycles. The van der Waals surface area contributed by atoms with Crippen LogP contribution >= 0.6 is 31.9 Å². The highest BCUT2D eigenvalue weighted by molar-refractivity contribution is 9.10. The number of hydrogen-bond donors (Lipinski definition) is 1. The maximum Gasteiger partial charge on any atom is 0.212 e. The van der Waals surface area contributed by atoms with Gasteiger partial charge >= 0.3 is 0 Å². The molecule has 0 saturated heterocycles. The number of nitrogens with two attached hydrogens (primary N) is 1. The molecular weight excluding hydrogens is 362 g/mol. The lowest BCUT2D eigenvalue weighted by Crippen LogP contribution is -2.11. The van der Waals surface area contributed by atoms with Crippen LogP contribution in [-0.4, -0.2) is 15.6 Å². The van der Waals surface area contributed by atoms with Crippen molar-refractivity contribution in [3.8, 4) is 0 Å². The first-order valence-electron chi connectivity index (χ1n) is 5.35. The van der Waals surface area contributed by atoms with E-state index in [-0.39, 0.29) is 5.78 Å². The molecule has 2 N–H and O–H groups in total. The highest BCUT2D eigenvalue weighted by atomic mass is 79.9. The van der Waals surface area contributed by atoms with Crippen molar-refractivity contribution in [1.82, 2.24) is 9.78 Å². The largest absolute Gasteiger partial charge is 0.399 e. The molecule has 6 heteroatoms. The maximum absolute atomic E-state index is 12.4. The number of carbonyl (C=O) groups excluding carboxylic acids is 1. The highest BCUT2D eigenvalue weighted by Crippen LogP contribution is 2.23. The molecule has 0 aliphatic rings. The van der Waals surface area contributed by atoms with E-state index in [1.54, 1.807) is 29.1 Å². The molecule has 0 amide bonds. The summed E-state index contributed by atoms with van der Waals surface area (Å²) in [7, 11) is 0. The van der Waals surface area contributed by atoms with E-state index >= 15 is 0 Å². The summed E-state index contributed by atoms with van der Waals surface area (Å²) in [5, 5.41) is 4.13. The van der Waals surface area contributed by atoms with Crippen LogP contribution in [0.25, 0.3) is 0 Å². The fourth-order valence-corrected chi connectivity index (χ4v) is 2.70. The third kappa shape index (κ3) is 2.49. The van der Waals surface area contributed by atoms with Gasteiger partial charge < -0.3 is 5.73 Å². The van der Waals surface area contributed by atoms with Crippen LogP contribution in [-0.2, 0) is 6.54 Å². The van der Waals surface area contributed by atoms with E-state index in [1.165, 1.54) is 0 Å². The Morgan fingerprint density at radius 3 is 2.72 bits per heavy atom. The summed E-state index contributed by atoms with van der Waals surface area (Å²) in [5.41, 5.74) is 7.37. The smallest absolute Gasteiger partial charge is 0.212 e. The fraction of sp³-hybridized carbons (Fsp3) is 0.167. The van der Waals surface area contributed by atoms with Gasteiger partial charge in [-0.1, -0.05) is 15.9 Å². The van der Waals surface area contributed by atoms with Crippen LogP contribution in [0.1, 0.15) is 23.0 Å². The first-order valence-corrected chi connectivity index (χ1v) is 6.93. The van der Waals surface area contributed by atoms with Crippen LogP contribution in [0, 0.1) is 0 Å².